The normalized spacial score (nSPS) is 12.5. The molecule has 0 amide bonds. The molecule has 1 rings (SSSR count). The molecule has 0 radical (unpaired) electrons. The average molecular weight is 258 g/mol. The number of nitro groups is 1. The summed E-state index contributed by atoms with van der Waals surface area (Å²) in [7, 11) is 0. The molecule has 4 heteroatoms. The zero-order chi connectivity index (χ0) is 10.7. The van der Waals surface area contributed by atoms with Crippen LogP contribution in [0.1, 0.15) is 18.1 Å². The highest BCUT2D eigenvalue weighted by Gasteiger charge is 2.11. The minimum absolute atomic E-state index is 0.204. The number of benzene rings is 1. The average Bonchev–Trinajstić information content (AvgIpc) is 2.07. The van der Waals surface area contributed by atoms with Crippen molar-refractivity contribution < 1.29 is 4.92 Å². The van der Waals surface area contributed by atoms with Crippen LogP contribution in [-0.2, 0) is 6.42 Å². The van der Waals surface area contributed by atoms with Gasteiger partial charge in [0.25, 0.3) is 5.69 Å². The molecule has 0 spiro atoms. The van der Waals surface area contributed by atoms with Crippen LogP contribution in [0, 0.1) is 17.0 Å². The molecule has 1 aromatic rings. The number of alkyl halides is 1. The standard InChI is InChI=1S/C10H12BrNO2/c1-7-3-4-9(5-8(2)11)6-10(7)12(13)14/h3-4,6,8H,5H2,1-2H3. The van der Waals surface area contributed by atoms with Crippen molar-refractivity contribution in [2.24, 2.45) is 0 Å². The van der Waals surface area contributed by atoms with Crippen LogP contribution in [0.2, 0.25) is 0 Å². The number of hydrogen-bond acceptors (Lipinski definition) is 2. The highest BCUT2D eigenvalue weighted by Crippen LogP contribution is 2.21. The Morgan fingerprint density at radius 3 is 2.71 bits per heavy atom. The second-order valence-corrected chi connectivity index (χ2v) is 4.93. The second kappa shape index (κ2) is 4.55. The van der Waals surface area contributed by atoms with E-state index in [4.69, 9.17) is 0 Å². The van der Waals surface area contributed by atoms with Gasteiger partial charge in [0, 0.05) is 16.5 Å². The van der Waals surface area contributed by atoms with Crippen molar-refractivity contribution in [2.45, 2.75) is 25.1 Å². The SMILES string of the molecule is Cc1ccc(CC(C)Br)cc1[N+](=O)[O-]. The highest BCUT2D eigenvalue weighted by atomic mass is 79.9. The minimum Gasteiger partial charge on any atom is -0.258 e. The lowest BCUT2D eigenvalue weighted by atomic mass is 10.1. The minimum atomic E-state index is -0.336. The van der Waals surface area contributed by atoms with E-state index in [9.17, 15) is 10.1 Å². The van der Waals surface area contributed by atoms with Gasteiger partial charge >= 0.3 is 0 Å². The van der Waals surface area contributed by atoms with Gasteiger partial charge in [-0.3, -0.25) is 10.1 Å². The van der Waals surface area contributed by atoms with Crippen LogP contribution >= 0.6 is 15.9 Å². The summed E-state index contributed by atoms with van der Waals surface area (Å²) in [5.41, 5.74) is 1.91. The summed E-state index contributed by atoms with van der Waals surface area (Å²) in [4.78, 5) is 10.7. The van der Waals surface area contributed by atoms with E-state index in [0.29, 0.717) is 10.4 Å². The fraction of sp³-hybridized carbons (Fsp3) is 0.400. The van der Waals surface area contributed by atoms with Gasteiger partial charge in [0.15, 0.2) is 0 Å². The Bertz CT molecular complexity index is 350. The molecule has 0 saturated carbocycles. The van der Waals surface area contributed by atoms with Gasteiger partial charge in [-0.15, -0.1) is 0 Å². The first-order chi connectivity index (χ1) is 6.50. The van der Waals surface area contributed by atoms with E-state index in [1.54, 1.807) is 19.1 Å². The third-order valence-corrected chi connectivity index (χ3v) is 2.31. The molecule has 1 unspecified atom stereocenters. The van der Waals surface area contributed by atoms with Crippen molar-refractivity contribution in [1.82, 2.24) is 0 Å². The summed E-state index contributed by atoms with van der Waals surface area (Å²) in [5.74, 6) is 0. The van der Waals surface area contributed by atoms with Crippen LogP contribution in [0.3, 0.4) is 0 Å². The maximum absolute atomic E-state index is 10.7. The van der Waals surface area contributed by atoms with Crippen molar-refractivity contribution in [3.63, 3.8) is 0 Å². The largest absolute Gasteiger partial charge is 0.272 e. The Balaban J connectivity index is 3.00. The van der Waals surface area contributed by atoms with Crippen LogP contribution < -0.4 is 0 Å². The number of nitrogens with zero attached hydrogens (tertiary/aromatic N) is 1. The zero-order valence-electron chi connectivity index (χ0n) is 8.16. The first kappa shape index (κ1) is 11.2. The number of rotatable bonds is 3. The molecule has 0 aliphatic carbocycles. The Morgan fingerprint density at radius 2 is 2.21 bits per heavy atom. The third-order valence-electron chi connectivity index (χ3n) is 1.99. The van der Waals surface area contributed by atoms with Gasteiger partial charge in [0.2, 0.25) is 0 Å². The van der Waals surface area contributed by atoms with Crippen LogP contribution in [0.4, 0.5) is 5.69 Å². The Labute approximate surface area is 91.4 Å². The van der Waals surface area contributed by atoms with Gasteiger partial charge in [0.1, 0.15) is 0 Å². The van der Waals surface area contributed by atoms with E-state index in [1.165, 1.54) is 0 Å². The van der Waals surface area contributed by atoms with Crippen molar-refractivity contribution in [2.75, 3.05) is 0 Å². The van der Waals surface area contributed by atoms with E-state index < -0.39 is 0 Å². The zero-order valence-corrected chi connectivity index (χ0v) is 9.74. The fourth-order valence-corrected chi connectivity index (χ4v) is 1.68. The number of hydrogen-bond donors (Lipinski definition) is 0. The lowest BCUT2D eigenvalue weighted by Crippen LogP contribution is -1.99. The van der Waals surface area contributed by atoms with Crippen LogP contribution in [0.15, 0.2) is 18.2 Å². The number of nitro benzene ring substituents is 1. The van der Waals surface area contributed by atoms with Crippen LogP contribution in [0.25, 0.3) is 0 Å². The summed E-state index contributed by atoms with van der Waals surface area (Å²) in [6, 6.07) is 5.37. The molecule has 0 aromatic heterocycles. The van der Waals surface area contributed by atoms with Crippen molar-refractivity contribution in [3.05, 3.63) is 39.4 Å². The topological polar surface area (TPSA) is 43.1 Å². The van der Waals surface area contributed by atoms with E-state index in [-0.39, 0.29) is 10.6 Å². The van der Waals surface area contributed by atoms with Crippen LogP contribution in [-0.4, -0.2) is 9.75 Å². The summed E-state index contributed by atoms with van der Waals surface area (Å²) in [6.07, 6.45) is 0.807. The molecule has 0 aliphatic rings. The monoisotopic (exact) mass is 257 g/mol. The molecule has 14 heavy (non-hydrogen) atoms. The van der Waals surface area contributed by atoms with Gasteiger partial charge < -0.3 is 0 Å². The van der Waals surface area contributed by atoms with E-state index in [1.807, 2.05) is 13.0 Å². The fourth-order valence-electron chi connectivity index (χ4n) is 1.30. The third kappa shape index (κ3) is 2.80. The lowest BCUT2D eigenvalue weighted by molar-refractivity contribution is -0.385. The molecule has 0 aliphatic heterocycles. The maximum Gasteiger partial charge on any atom is 0.272 e. The summed E-state index contributed by atoms with van der Waals surface area (Å²) in [6.45, 7) is 3.77. The summed E-state index contributed by atoms with van der Waals surface area (Å²) in [5, 5.41) is 10.7. The Kier molecular flexibility index (Phi) is 3.63. The van der Waals surface area contributed by atoms with Gasteiger partial charge in [-0.25, -0.2) is 0 Å². The molecule has 1 atom stereocenters. The molecule has 0 bridgehead atoms. The van der Waals surface area contributed by atoms with E-state index in [2.05, 4.69) is 15.9 Å². The number of halogens is 1. The molecular weight excluding hydrogens is 246 g/mol. The first-order valence-corrected chi connectivity index (χ1v) is 5.30. The molecular formula is C10H12BrNO2. The van der Waals surface area contributed by atoms with Crippen molar-refractivity contribution >= 4 is 21.6 Å². The molecule has 0 saturated heterocycles. The lowest BCUT2D eigenvalue weighted by Gasteiger charge is -2.04. The number of aryl methyl sites for hydroxylation is 1. The molecule has 0 heterocycles. The molecule has 76 valence electrons. The predicted octanol–water partition coefficient (Wildman–Crippen LogP) is 3.23. The first-order valence-electron chi connectivity index (χ1n) is 4.38. The second-order valence-electron chi connectivity index (χ2n) is 3.36. The highest BCUT2D eigenvalue weighted by molar-refractivity contribution is 9.09. The molecule has 0 fully saturated rings. The van der Waals surface area contributed by atoms with Crippen molar-refractivity contribution in [1.29, 1.82) is 0 Å². The van der Waals surface area contributed by atoms with E-state index in [0.717, 1.165) is 12.0 Å². The smallest absolute Gasteiger partial charge is 0.258 e. The Hall–Kier alpha value is -0.900. The van der Waals surface area contributed by atoms with Crippen molar-refractivity contribution in [3.8, 4) is 0 Å². The van der Waals surface area contributed by atoms with Gasteiger partial charge in [-0.1, -0.05) is 35.0 Å². The quantitative estimate of drug-likeness (QED) is 0.474. The van der Waals surface area contributed by atoms with E-state index >= 15 is 0 Å². The summed E-state index contributed by atoms with van der Waals surface area (Å²) >= 11 is 3.42. The molecule has 3 nitrogen and oxygen atoms in total. The predicted molar refractivity (Wildman–Crippen MR) is 59.9 cm³/mol. The Morgan fingerprint density at radius 1 is 1.57 bits per heavy atom. The van der Waals surface area contributed by atoms with Crippen LogP contribution in [0.5, 0.6) is 0 Å². The summed E-state index contributed by atoms with van der Waals surface area (Å²) < 4.78 is 0. The molecule has 0 N–H and O–H groups in total. The van der Waals surface area contributed by atoms with Gasteiger partial charge in [0.05, 0.1) is 4.92 Å². The maximum atomic E-state index is 10.7. The van der Waals surface area contributed by atoms with Gasteiger partial charge in [-0.05, 0) is 18.9 Å². The van der Waals surface area contributed by atoms with Gasteiger partial charge in [-0.2, -0.15) is 0 Å². The molecule has 1 aromatic carbocycles.